The molecule has 4 nitrogen and oxygen atoms in total. The average molecular weight is 352 g/mol. The van der Waals surface area contributed by atoms with E-state index in [9.17, 15) is 0 Å². The Morgan fingerprint density at radius 2 is 1.35 bits per heavy atom. The molecule has 0 aliphatic heterocycles. The summed E-state index contributed by atoms with van der Waals surface area (Å²) >= 11 is 9.43. The van der Waals surface area contributed by atoms with Gasteiger partial charge >= 0.3 is 0 Å². The zero-order chi connectivity index (χ0) is 14.5. The summed E-state index contributed by atoms with van der Waals surface area (Å²) in [5, 5.41) is 8.38. The van der Waals surface area contributed by atoms with Gasteiger partial charge < -0.3 is 11.5 Å². The lowest BCUT2D eigenvalue weighted by Crippen LogP contribution is -2.16. The molecule has 0 fully saturated rings. The van der Waals surface area contributed by atoms with Crippen molar-refractivity contribution in [2.24, 2.45) is 21.7 Å². The molecule has 0 spiro atoms. The summed E-state index contributed by atoms with van der Waals surface area (Å²) in [6.45, 7) is 0. The number of nitrogens with two attached hydrogens (primary N) is 2. The van der Waals surface area contributed by atoms with Gasteiger partial charge in [-0.1, -0.05) is 57.9 Å². The van der Waals surface area contributed by atoms with E-state index in [-0.39, 0.29) is 11.7 Å². The molecule has 2 rings (SSSR count). The smallest absolute Gasteiger partial charge is 0.154 e. The van der Waals surface area contributed by atoms with Crippen molar-refractivity contribution in [3.8, 4) is 0 Å². The van der Waals surface area contributed by atoms with Crippen molar-refractivity contribution >= 4 is 39.2 Å². The molecule has 2 aromatic carbocycles. The van der Waals surface area contributed by atoms with Gasteiger partial charge in [-0.25, -0.2) is 0 Å². The molecule has 0 saturated carbocycles. The van der Waals surface area contributed by atoms with Crippen LogP contribution in [0.1, 0.15) is 11.1 Å². The van der Waals surface area contributed by atoms with Gasteiger partial charge in [0.15, 0.2) is 11.7 Å². The zero-order valence-corrected chi connectivity index (χ0v) is 12.8. The Morgan fingerprint density at radius 3 is 1.95 bits per heavy atom. The standard InChI is InChI=1S/C14H12BrClN4/c15-11-7-3-1-5-9(11)13(17)19-20-14(18)10-6-2-4-8-12(10)16/h1-8H,(H2,17,19)(H2,18,20). The summed E-state index contributed by atoms with van der Waals surface area (Å²) in [4.78, 5) is 0. The van der Waals surface area contributed by atoms with E-state index in [0.717, 1.165) is 10.0 Å². The molecular formula is C14H12BrClN4. The second-order valence-electron chi connectivity index (χ2n) is 3.93. The van der Waals surface area contributed by atoms with Crippen molar-refractivity contribution in [2.75, 3.05) is 0 Å². The largest absolute Gasteiger partial charge is 0.382 e. The maximum atomic E-state index is 6.03. The Bertz CT molecular complexity index is 623. The number of halogens is 2. The van der Waals surface area contributed by atoms with Crippen molar-refractivity contribution in [2.45, 2.75) is 0 Å². The van der Waals surface area contributed by atoms with Crippen LogP contribution in [0.2, 0.25) is 5.02 Å². The molecule has 0 heterocycles. The van der Waals surface area contributed by atoms with Crippen LogP contribution in [-0.4, -0.2) is 11.7 Å². The first-order valence-electron chi connectivity index (χ1n) is 5.76. The van der Waals surface area contributed by atoms with Gasteiger partial charge in [0, 0.05) is 15.6 Å². The Kier molecular flexibility index (Phi) is 4.76. The van der Waals surface area contributed by atoms with E-state index in [2.05, 4.69) is 26.1 Å². The Labute approximate surface area is 130 Å². The molecule has 0 atom stereocenters. The molecule has 20 heavy (non-hydrogen) atoms. The summed E-state index contributed by atoms with van der Waals surface area (Å²) in [5.74, 6) is 0.484. The van der Waals surface area contributed by atoms with Crippen LogP contribution >= 0.6 is 27.5 Å². The highest BCUT2D eigenvalue weighted by Crippen LogP contribution is 2.16. The molecule has 0 unspecified atom stereocenters. The minimum atomic E-state index is 0.214. The molecule has 6 heteroatoms. The van der Waals surface area contributed by atoms with E-state index in [0.29, 0.717) is 10.6 Å². The van der Waals surface area contributed by atoms with Gasteiger partial charge in [0.05, 0.1) is 5.02 Å². The molecule has 0 bridgehead atoms. The minimum absolute atomic E-state index is 0.214. The van der Waals surface area contributed by atoms with Crippen LogP contribution in [0, 0.1) is 0 Å². The number of rotatable bonds is 3. The summed E-state index contributed by atoms with van der Waals surface area (Å²) in [6, 6.07) is 14.6. The van der Waals surface area contributed by atoms with E-state index in [1.807, 2.05) is 36.4 Å². The molecule has 0 amide bonds. The van der Waals surface area contributed by atoms with Gasteiger partial charge in [0.2, 0.25) is 0 Å². The van der Waals surface area contributed by atoms with Gasteiger partial charge in [0.25, 0.3) is 0 Å². The second kappa shape index (κ2) is 6.54. The first kappa shape index (κ1) is 14.6. The third-order valence-electron chi connectivity index (χ3n) is 2.57. The number of amidine groups is 2. The molecule has 0 aliphatic carbocycles. The van der Waals surface area contributed by atoms with Crippen LogP contribution in [-0.2, 0) is 0 Å². The Hall–Kier alpha value is -1.85. The predicted octanol–water partition coefficient (Wildman–Crippen LogP) is 3.13. The molecular weight excluding hydrogens is 340 g/mol. The lowest BCUT2D eigenvalue weighted by Gasteiger charge is -2.03. The fraction of sp³-hybridized carbons (Fsp3) is 0. The van der Waals surface area contributed by atoms with Gasteiger partial charge in [0.1, 0.15) is 0 Å². The monoisotopic (exact) mass is 350 g/mol. The van der Waals surface area contributed by atoms with Crippen molar-refractivity contribution in [1.29, 1.82) is 0 Å². The Morgan fingerprint density at radius 1 is 0.850 bits per heavy atom. The van der Waals surface area contributed by atoms with E-state index in [1.165, 1.54) is 0 Å². The van der Waals surface area contributed by atoms with E-state index in [1.54, 1.807) is 12.1 Å². The topological polar surface area (TPSA) is 76.8 Å². The first-order chi connectivity index (χ1) is 9.59. The highest BCUT2D eigenvalue weighted by atomic mass is 79.9. The third-order valence-corrected chi connectivity index (χ3v) is 3.59. The summed E-state index contributed by atoms with van der Waals surface area (Å²) in [6.07, 6.45) is 0. The zero-order valence-electron chi connectivity index (χ0n) is 10.4. The van der Waals surface area contributed by atoms with Crippen molar-refractivity contribution in [3.63, 3.8) is 0 Å². The van der Waals surface area contributed by atoms with Gasteiger partial charge in [-0.3, -0.25) is 0 Å². The van der Waals surface area contributed by atoms with Crippen molar-refractivity contribution in [3.05, 3.63) is 69.2 Å². The normalized spacial score (nSPS) is 12.5. The molecule has 0 aromatic heterocycles. The molecule has 102 valence electrons. The Balaban J connectivity index is 2.30. The SMILES string of the molecule is N/C(=N\N=C(/N)c1ccccc1Br)c1ccccc1Cl. The highest BCUT2D eigenvalue weighted by molar-refractivity contribution is 9.10. The third kappa shape index (κ3) is 3.37. The minimum Gasteiger partial charge on any atom is -0.382 e. The van der Waals surface area contributed by atoms with Gasteiger partial charge in [-0.15, -0.1) is 10.2 Å². The number of benzene rings is 2. The van der Waals surface area contributed by atoms with E-state index < -0.39 is 0 Å². The fourth-order valence-corrected chi connectivity index (χ4v) is 2.27. The van der Waals surface area contributed by atoms with Crippen LogP contribution in [0.5, 0.6) is 0 Å². The first-order valence-corrected chi connectivity index (χ1v) is 6.93. The van der Waals surface area contributed by atoms with E-state index >= 15 is 0 Å². The molecule has 0 saturated heterocycles. The maximum Gasteiger partial charge on any atom is 0.154 e. The van der Waals surface area contributed by atoms with Crippen LogP contribution < -0.4 is 11.5 Å². The molecule has 0 radical (unpaired) electrons. The van der Waals surface area contributed by atoms with E-state index in [4.69, 9.17) is 23.1 Å². The van der Waals surface area contributed by atoms with Crippen LogP contribution in [0.3, 0.4) is 0 Å². The summed E-state index contributed by atoms with van der Waals surface area (Å²) in [5.41, 5.74) is 13.1. The molecule has 0 aliphatic rings. The van der Waals surface area contributed by atoms with Gasteiger partial charge in [-0.05, 0) is 18.2 Å². The summed E-state index contributed by atoms with van der Waals surface area (Å²) < 4.78 is 0.841. The average Bonchev–Trinajstić information content (AvgIpc) is 2.45. The molecule has 2 aromatic rings. The number of hydrogen-bond acceptors (Lipinski definition) is 2. The lowest BCUT2D eigenvalue weighted by atomic mass is 10.2. The number of nitrogens with zero attached hydrogens (tertiary/aromatic N) is 2. The van der Waals surface area contributed by atoms with Crippen LogP contribution in [0.15, 0.2) is 63.2 Å². The predicted molar refractivity (Wildman–Crippen MR) is 87.0 cm³/mol. The highest BCUT2D eigenvalue weighted by Gasteiger charge is 2.05. The van der Waals surface area contributed by atoms with Crippen molar-refractivity contribution < 1.29 is 0 Å². The summed E-state index contributed by atoms with van der Waals surface area (Å²) in [7, 11) is 0. The maximum absolute atomic E-state index is 6.03. The van der Waals surface area contributed by atoms with Crippen molar-refractivity contribution in [1.82, 2.24) is 0 Å². The second-order valence-corrected chi connectivity index (χ2v) is 5.19. The lowest BCUT2D eigenvalue weighted by molar-refractivity contribution is 1.20. The molecule has 4 N–H and O–H groups in total. The number of hydrogen-bond donors (Lipinski definition) is 2. The van der Waals surface area contributed by atoms with Crippen LogP contribution in [0.4, 0.5) is 0 Å². The fourth-order valence-electron chi connectivity index (χ4n) is 1.55. The van der Waals surface area contributed by atoms with Crippen LogP contribution in [0.25, 0.3) is 0 Å². The van der Waals surface area contributed by atoms with Gasteiger partial charge in [-0.2, -0.15) is 0 Å². The quantitative estimate of drug-likeness (QED) is 0.506.